The number of hydrogen-bond donors (Lipinski definition) is 1. The number of anilines is 1. The van der Waals surface area contributed by atoms with Crippen LogP contribution in [0.3, 0.4) is 0 Å². The molecule has 1 amide bonds. The first kappa shape index (κ1) is 13.7. The van der Waals surface area contributed by atoms with Crippen molar-refractivity contribution in [1.29, 1.82) is 0 Å². The Morgan fingerprint density at radius 2 is 2.00 bits per heavy atom. The Balaban J connectivity index is 2.62. The van der Waals surface area contributed by atoms with Gasteiger partial charge >= 0.3 is 0 Å². The maximum atomic E-state index is 11.2. The highest BCUT2D eigenvalue weighted by molar-refractivity contribution is 5.87. The van der Waals surface area contributed by atoms with Crippen molar-refractivity contribution in [3.05, 3.63) is 55.1 Å². The smallest absolute Gasteiger partial charge is 0.222 e. The van der Waals surface area contributed by atoms with Gasteiger partial charge in [-0.2, -0.15) is 0 Å². The van der Waals surface area contributed by atoms with Crippen molar-refractivity contribution in [3.63, 3.8) is 0 Å². The number of aryl methyl sites for hydroxylation is 1. The predicted molar refractivity (Wildman–Crippen MR) is 78.4 cm³/mol. The Labute approximate surface area is 117 Å². The van der Waals surface area contributed by atoms with Crippen LogP contribution in [0.1, 0.15) is 6.92 Å². The summed E-state index contributed by atoms with van der Waals surface area (Å²) < 4.78 is 1.86. The van der Waals surface area contributed by atoms with E-state index in [-0.39, 0.29) is 5.91 Å². The zero-order valence-electron chi connectivity index (χ0n) is 11.4. The fraction of sp³-hybridized carbons (Fsp3) is 0.133. The van der Waals surface area contributed by atoms with Gasteiger partial charge in [-0.1, -0.05) is 30.3 Å². The summed E-state index contributed by atoms with van der Waals surface area (Å²) in [5.41, 5.74) is 1.71. The summed E-state index contributed by atoms with van der Waals surface area (Å²) in [5.74, 6) is 0.228. The van der Waals surface area contributed by atoms with Gasteiger partial charge in [0.1, 0.15) is 0 Å². The molecule has 0 aliphatic rings. The van der Waals surface area contributed by atoms with E-state index in [4.69, 9.17) is 0 Å². The third-order valence-electron chi connectivity index (χ3n) is 2.53. The summed E-state index contributed by atoms with van der Waals surface area (Å²) in [6.07, 6.45) is 6.85. The van der Waals surface area contributed by atoms with Crippen LogP contribution in [0.15, 0.2) is 55.1 Å². The summed E-state index contributed by atoms with van der Waals surface area (Å²) in [7, 11) is 1.90. The Hall–Kier alpha value is -2.69. The number of nitrogens with zero attached hydrogens (tertiary/aromatic N) is 3. The van der Waals surface area contributed by atoms with E-state index in [0.717, 1.165) is 11.3 Å². The first-order valence-corrected chi connectivity index (χ1v) is 6.20. The zero-order valence-corrected chi connectivity index (χ0v) is 11.4. The van der Waals surface area contributed by atoms with Crippen LogP contribution < -0.4 is 5.32 Å². The van der Waals surface area contributed by atoms with Crippen LogP contribution in [0, 0.1) is 0 Å². The van der Waals surface area contributed by atoms with Gasteiger partial charge in [-0.25, -0.2) is 4.98 Å². The zero-order chi connectivity index (χ0) is 14.4. The largest absolute Gasteiger partial charge is 0.354 e. The van der Waals surface area contributed by atoms with Crippen molar-refractivity contribution < 1.29 is 4.79 Å². The van der Waals surface area contributed by atoms with Crippen LogP contribution in [0.2, 0.25) is 0 Å². The van der Waals surface area contributed by atoms with E-state index in [1.165, 1.54) is 13.1 Å². The first-order chi connectivity index (χ1) is 9.65. The molecular weight excluding hydrogens is 252 g/mol. The van der Waals surface area contributed by atoms with Gasteiger partial charge in [0.05, 0.1) is 11.9 Å². The predicted octanol–water partition coefficient (Wildman–Crippen LogP) is 2.56. The van der Waals surface area contributed by atoms with Gasteiger partial charge in [0.2, 0.25) is 5.91 Å². The first-order valence-electron chi connectivity index (χ1n) is 6.20. The molecule has 0 radical (unpaired) electrons. The minimum absolute atomic E-state index is 0.181. The minimum atomic E-state index is -0.181. The lowest BCUT2D eigenvalue weighted by Crippen LogP contribution is -2.07. The molecular formula is C15H16N4O. The second-order valence-electron chi connectivity index (χ2n) is 4.30. The summed E-state index contributed by atoms with van der Waals surface area (Å²) in [6, 6.07) is 9.77. The Morgan fingerprint density at radius 3 is 2.70 bits per heavy atom. The van der Waals surface area contributed by atoms with Gasteiger partial charge in [-0.15, -0.1) is 0 Å². The standard InChI is InChI=1S/C15H16N4O/c1-12(20)17-15-10-16-8-9-19(2)11-14(18-15)13-6-4-3-5-7-13/h3-11H,1-2H3,(H,17,18,20). The molecule has 5 heteroatoms. The van der Waals surface area contributed by atoms with E-state index in [1.54, 1.807) is 6.20 Å². The van der Waals surface area contributed by atoms with Crippen LogP contribution in [0.25, 0.3) is 11.3 Å². The van der Waals surface area contributed by atoms with E-state index in [2.05, 4.69) is 15.3 Å². The number of amides is 1. The fourth-order valence-electron chi connectivity index (χ4n) is 1.67. The highest BCUT2D eigenvalue weighted by Gasteiger charge is 2.00. The molecule has 102 valence electrons. The molecule has 0 aliphatic heterocycles. The van der Waals surface area contributed by atoms with Crippen LogP contribution in [-0.2, 0) is 11.8 Å². The third-order valence-corrected chi connectivity index (χ3v) is 2.53. The highest BCUT2D eigenvalue weighted by Crippen LogP contribution is 2.15. The monoisotopic (exact) mass is 268 g/mol. The number of carbonyl (C=O) groups is 1. The van der Waals surface area contributed by atoms with E-state index in [0.29, 0.717) is 5.82 Å². The molecule has 0 atom stereocenters. The topological polar surface area (TPSA) is 59.8 Å². The number of aromatic nitrogens is 3. The van der Waals surface area contributed by atoms with Gasteiger partial charge in [-0.05, 0) is 0 Å². The number of carbonyl (C=O) groups excluding carboxylic acids is 1. The summed E-state index contributed by atoms with van der Waals surface area (Å²) in [6.45, 7) is 1.44. The lowest BCUT2D eigenvalue weighted by Gasteiger charge is -2.02. The Kier molecular flexibility index (Phi) is 4.44. The average Bonchev–Trinajstić information content (AvgIpc) is 2.50. The van der Waals surface area contributed by atoms with Crippen molar-refractivity contribution in [3.8, 4) is 11.3 Å². The normalized spacial score (nSPS) is 9.70. The number of hydrogen-bond acceptors (Lipinski definition) is 3. The van der Waals surface area contributed by atoms with Gasteiger partial charge in [0.25, 0.3) is 0 Å². The number of nitrogens with one attached hydrogen (secondary N) is 1. The minimum Gasteiger partial charge on any atom is -0.354 e. The van der Waals surface area contributed by atoms with E-state index in [1.807, 2.05) is 54.3 Å². The van der Waals surface area contributed by atoms with Crippen LogP contribution >= 0.6 is 0 Å². The van der Waals surface area contributed by atoms with Crippen molar-refractivity contribution in [2.24, 2.45) is 7.05 Å². The molecule has 0 spiro atoms. The summed E-state index contributed by atoms with van der Waals surface area (Å²) in [5, 5.41) is 2.66. The molecule has 1 N–H and O–H groups in total. The molecule has 0 saturated heterocycles. The molecule has 0 saturated carbocycles. The molecule has 0 bridgehead atoms. The van der Waals surface area contributed by atoms with E-state index >= 15 is 0 Å². The third kappa shape index (κ3) is 3.91. The molecule has 1 heterocycles. The SMILES string of the molecule is CC(=O)Nc1cnccn(C)cc(-c2ccccc2)n1. The average molecular weight is 268 g/mol. The van der Waals surface area contributed by atoms with Gasteiger partial charge in [0, 0.05) is 38.1 Å². The lowest BCUT2D eigenvalue weighted by molar-refractivity contribution is -0.114. The van der Waals surface area contributed by atoms with Crippen molar-refractivity contribution in [2.75, 3.05) is 5.32 Å². The van der Waals surface area contributed by atoms with Crippen molar-refractivity contribution >= 4 is 11.7 Å². The Bertz CT molecular complexity index is 648. The van der Waals surface area contributed by atoms with Crippen LogP contribution in [0.4, 0.5) is 5.82 Å². The van der Waals surface area contributed by atoms with Crippen LogP contribution in [-0.4, -0.2) is 20.4 Å². The molecule has 0 aliphatic carbocycles. The maximum absolute atomic E-state index is 11.2. The Morgan fingerprint density at radius 1 is 1.25 bits per heavy atom. The lowest BCUT2D eigenvalue weighted by atomic mass is 10.2. The van der Waals surface area contributed by atoms with Crippen LogP contribution in [0.5, 0.6) is 0 Å². The molecule has 2 aromatic rings. The van der Waals surface area contributed by atoms with Gasteiger partial charge < -0.3 is 9.88 Å². The number of rotatable bonds is 2. The quantitative estimate of drug-likeness (QED) is 0.910. The summed E-state index contributed by atoms with van der Waals surface area (Å²) in [4.78, 5) is 19.8. The summed E-state index contributed by atoms with van der Waals surface area (Å²) >= 11 is 0. The molecule has 0 fully saturated rings. The van der Waals surface area contributed by atoms with Crippen molar-refractivity contribution in [1.82, 2.24) is 14.5 Å². The van der Waals surface area contributed by atoms with Crippen molar-refractivity contribution in [2.45, 2.75) is 6.92 Å². The second kappa shape index (κ2) is 6.47. The molecule has 20 heavy (non-hydrogen) atoms. The van der Waals surface area contributed by atoms with E-state index in [9.17, 15) is 4.79 Å². The molecule has 2 rings (SSSR count). The molecule has 0 unspecified atom stereocenters. The number of benzene rings is 1. The second-order valence-corrected chi connectivity index (χ2v) is 4.30. The maximum Gasteiger partial charge on any atom is 0.222 e. The highest BCUT2D eigenvalue weighted by atomic mass is 16.1. The van der Waals surface area contributed by atoms with E-state index < -0.39 is 0 Å². The van der Waals surface area contributed by atoms with Gasteiger partial charge in [0.15, 0.2) is 5.82 Å². The fourth-order valence-corrected chi connectivity index (χ4v) is 1.67. The van der Waals surface area contributed by atoms with Gasteiger partial charge in [-0.3, -0.25) is 9.78 Å². The molecule has 1 aromatic carbocycles. The molecule has 1 aromatic heterocycles. The molecule has 5 nitrogen and oxygen atoms in total.